The molecule has 2 aromatic carbocycles. The van der Waals surface area contributed by atoms with Gasteiger partial charge < -0.3 is 10.2 Å². The van der Waals surface area contributed by atoms with E-state index in [0.29, 0.717) is 25.4 Å². The van der Waals surface area contributed by atoms with Crippen LogP contribution in [-0.4, -0.2) is 35.8 Å². The van der Waals surface area contributed by atoms with E-state index < -0.39 is 6.04 Å². The molecular weight excluding hydrogens is 355 g/mol. The number of hydrogen-bond acceptors (Lipinski definition) is 2. The summed E-state index contributed by atoms with van der Waals surface area (Å²) in [6, 6.07) is 15.2. The van der Waals surface area contributed by atoms with Crippen LogP contribution in [0.5, 0.6) is 0 Å². The van der Waals surface area contributed by atoms with Crippen LogP contribution in [0, 0.1) is 11.7 Å². The summed E-state index contributed by atoms with van der Waals surface area (Å²) >= 11 is 0. The number of benzene rings is 2. The fraction of sp³-hybridized carbons (Fsp3) is 0.391. The van der Waals surface area contributed by atoms with Crippen molar-refractivity contribution in [2.24, 2.45) is 5.92 Å². The van der Waals surface area contributed by atoms with Gasteiger partial charge in [0.1, 0.15) is 11.9 Å². The molecule has 0 fully saturated rings. The number of halogens is 1. The SMILES string of the molecule is CC(C)CNC(=O)C(C)N(CCc1ccccc1)C(=O)Cc1ccc(F)cc1. The largest absolute Gasteiger partial charge is 0.354 e. The first kappa shape index (κ1) is 21.6. The predicted octanol–water partition coefficient (Wildman–Crippen LogP) is 3.60. The zero-order valence-electron chi connectivity index (χ0n) is 16.8. The molecule has 1 atom stereocenters. The highest BCUT2D eigenvalue weighted by molar-refractivity contribution is 5.88. The van der Waals surface area contributed by atoms with E-state index in [2.05, 4.69) is 5.32 Å². The van der Waals surface area contributed by atoms with Gasteiger partial charge in [-0.05, 0) is 42.5 Å². The molecule has 0 saturated carbocycles. The Hall–Kier alpha value is -2.69. The Bertz CT molecular complexity index is 760. The third-order valence-corrected chi connectivity index (χ3v) is 4.60. The molecule has 0 spiro atoms. The van der Waals surface area contributed by atoms with Crippen LogP contribution in [0.3, 0.4) is 0 Å². The summed E-state index contributed by atoms with van der Waals surface area (Å²) in [4.78, 5) is 27.1. The first-order valence-corrected chi connectivity index (χ1v) is 9.72. The van der Waals surface area contributed by atoms with E-state index in [0.717, 1.165) is 11.1 Å². The van der Waals surface area contributed by atoms with Gasteiger partial charge in [-0.25, -0.2) is 4.39 Å². The fourth-order valence-electron chi connectivity index (χ4n) is 2.90. The van der Waals surface area contributed by atoms with Crippen LogP contribution < -0.4 is 5.32 Å². The van der Waals surface area contributed by atoms with E-state index in [1.807, 2.05) is 44.2 Å². The lowest BCUT2D eigenvalue weighted by Crippen LogP contribution is -2.49. The van der Waals surface area contributed by atoms with Crippen LogP contribution in [0.4, 0.5) is 4.39 Å². The van der Waals surface area contributed by atoms with E-state index in [1.165, 1.54) is 12.1 Å². The van der Waals surface area contributed by atoms with Crippen molar-refractivity contribution in [3.05, 3.63) is 71.5 Å². The molecule has 0 heterocycles. The minimum Gasteiger partial charge on any atom is -0.354 e. The molecule has 2 amide bonds. The van der Waals surface area contributed by atoms with Gasteiger partial charge in [0.15, 0.2) is 0 Å². The second-order valence-electron chi connectivity index (χ2n) is 7.44. The molecule has 0 aliphatic rings. The van der Waals surface area contributed by atoms with Gasteiger partial charge in [0.05, 0.1) is 6.42 Å². The van der Waals surface area contributed by atoms with Crippen LogP contribution >= 0.6 is 0 Å². The normalized spacial score (nSPS) is 11.9. The van der Waals surface area contributed by atoms with Gasteiger partial charge in [0, 0.05) is 13.1 Å². The number of hydrogen-bond donors (Lipinski definition) is 1. The fourth-order valence-corrected chi connectivity index (χ4v) is 2.90. The molecule has 1 unspecified atom stereocenters. The van der Waals surface area contributed by atoms with Crippen LogP contribution in [0.2, 0.25) is 0 Å². The second kappa shape index (κ2) is 10.6. The molecule has 0 aliphatic heterocycles. The molecule has 1 N–H and O–H groups in total. The number of carbonyl (C=O) groups is 2. The van der Waals surface area contributed by atoms with Gasteiger partial charge in [-0.2, -0.15) is 0 Å². The maximum atomic E-state index is 13.1. The number of rotatable bonds is 9. The van der Waals surface area contributed by atoms with Gasteiger partial charge in [-0.3, -0.25) is 9.59 Å². The lowest BCUT2D eigenvalue weighted by atomic mass is 10.1. The smallest absolute Gasteiger partial charge is 0.242 e. The minimum absolute atomic E-state index is 0.136. The number of nitrogens with one attached hydrogen (secondary N) is 1. The number of amides is 2. The Morgan fingerprint density at radius 3 is 2.21 bits per heavy atom. The van der Waals surface area contributed by atoms with E-state index in [1.54, 1.807) is 24.0 Å². The Morgan fingerprint density at radius 1 is 0.964 bits per heavy atom. The third-order valence-electron chi connectivity index (χ3n) is 4.60. The summed E-state index contributed by atoms with van der Waals surface area (Å²) in [5, 5.41) is 2.90. The first-order chi connectivity index (χ1) is 13.4. The topological polar surface area (TPSA) is 49.4 Å². The van der Waals surface area contributed by atoms with Crippen molar-refractivity contribution in [3.8, 4) is 0 Å². The zero-order valence-corrected chi connectivity index (χ0v) is 16.8. The lowest BCUT2D eigenvalue weighted by molar-refractivity contribution is -0.139. The molecule has 2 aromatic rings. The van der Waals surface area contributed by atoms with Crippen LogP contribution in [0.25, 0.3) is 0 Å². The van der Waals surface area contributed by atoms with E-state index >= 15 is 0 Å². The lowest BCUT2D eigenvalue weighted by Gasteiger charge is -2.29. The van der Waals surface area contributed by atoms with Crippen molar-refractivity contribution in [1.29, 1.82) is 0 Å². The zero-order chi connectivity index (χ0) is 20.5. The second-order valence-corrected chi connectivity index (χ2v) is 7.44. The van der Waals surface area contributed by atoms with E-state index in [4.69, 9.17) is 0 Å². The highest BCUT2D eigenvalue weighted by atomic mass is 19.1. The molecule has 0 aromatic heterocycles. The van der Waals surface area contributed by atoms with Gasteiger partial charge in [-0.15, -0.1) is 0 Å². The molecule has 0 aliphatic carbocycles. The van der Waals surface area contributed by atoms with Gasteiger partial charge in [-0.1, -0.05) is 56.3 Å². The molecule has 0 saturated heterocycles. The Morgan fingerprint density at radius 2 is 1.61 bits per heavy atom. The van der Waals surface area contributed by atoms with Crippen LogP contribution in [0.15, 0.2) is 54.6 Å². The molecule has 0 bridgehead atoms. The van der Waals surface area contributed by atoms with Crippen LogP contribution in [0.1, 0.15) is 31.9 Å². The standard InChI is InChI=1S/C23H29FN2O2/c1-17(2)16-25-23(28)18(3)26(14-13-19-7-5-4-6-8-19)22(27)15-20-9-11-21(24)12-10-20/h4-12,17-18H,13-16H2,1-3H3,(H,25,28). The molecule has 0 radical (unpaired) electrons. The summed E-state index contributed by atoms with van der Waals surface area (Å²) < 4.78 is 13.1. The summed E-state index contributed by atoms with van der Waals surface area (Å²) in [5.74, 6) is -0.300. The van der Waals surface area contributed by atoms with Crippen molar-refractivity contribution in [2.75, 3.05) is 13.1 Å². The Labute approximate surface area is 166 Å². The maximum Gasteiger partial charge on any atom is 0.242 e. The summed E-state index contributed by atoms with van der Waals surface area (Å²) in [6.45, 7) is 6.82. The highest BCUT2D eigenvalue weighted by Crippen LogP contribution is 2.11. The third kappa shape index (κ3) is 6.80. The molecule has 4 nitrogen and oxygen atoms in total. The monoisotopic (exact) mass is 384 g/mol. The maximum absolute atomic E-state index is 13.1. The first-order valence-electron chi connectivity index (χ1n) is 9.72. The molecule has 2 rings (SSSR count). The molecule has 5 heteroatoms. The molecule has 150 valence electrons. The average Bonchev–Trinajstić information content (AvgIpc) is 2.68. The van der Waals surface area contributed by atoms with Gasteiger partial charge in [0.2, 0.25) is 11.8 Å². The van der Waals surface area contributed by atoms with Crippen molar-refractivity contribution in [2.45, 2.75) is 39.7 Å². The summed E-state index contributed by atoms with van der Waals surface area (Å²) in [6.07, 6.45) is 0.800. The van der Waals surface area contributed by atoms with E-state index in [9.17, 15) is 14.0 Å². The number of nitrogens with zero attached hydrogens (tertiary/aromatic N) is 1. The van der Waals surface area contributed by atoms with Gasteiger partial charge in [0.25, 0.3) is 0 Å². The highest BCUT2D eigenvalue weighted by Gasteiger charge is 2.25. The van der Waals surface area contributed by atoms with Crippen molar-refractivity contribution in [1.82, 2.24) is 10.2 Å². The van der Waals surface area contributed by atoms with E-state index in [-0.39, 0.29) is 24.1 Å². The summed E-state index contributed by atoms with van der Waals surface area (Å²) in [5.41, 5.74) is 1.84. The molecular formula is C23H29FN2O2. The van der Waals surface area contributed by atoms with Crippen molar-refractivity contribution >= 4 is 11.8 Å². The quantitative estimate of drug-likeness (QED) is 0.718. The average molecular weight is 384 g/mol. The Kier molecular flexibility index (Phi) is 8.18. The molecule has 28 heavy (non-hydrogen) atoms. The number of carbonyl (C=O) groups excluding carboxylic acids is 2. The Balaban J connectivity index is 2.10. The van der Waals surface area contributed by atoms with Crippen LogP contribution in [-0.2, 0) is 22.4 Å². The predicted molar refractivity (Wildman–Crippen MR) is 109 cm³/mol. The minimum atomic E-state index is -0.574. The van der Waals surface area contributed by atoms with Gasteiger partial charge >= 0.3 is 0 Å². The summed E-state index contributed by atoms with van der Waals surface area (Å²) in [7, 11) is 0. The van der Waals surface area contributed by atoms with Crippen molar-refractivity contribution in [3.63, 3.8) is 0 Å². The van der Waals surface area contributed by atoms with Crippen molar-refractivity contribution < 1.29 is 14.0 Å².